The Labute approximate surface area is 196 Å². The zero-order valence-electron chi connectivity index (χ0n) is 17.8. The van der Waals surface area contributed by atoms with Crippen molar-refractivity contribution in [2.75, 3.05) is 13.7 Å². The minimum atomic E-state index is -0.879. The molecule has 14 heteroatoms. The molecule has 0 atom stereocenters. The van der Waals surface area contributed by atoms with E-state index in [1.54, 1.807) is 6.92 Å². The number of ether oxygens (including phenoxy) is 2. The van der Waals surface area contributed by atoms with Gasteiger partial charge in [0, 0.05) is 0 Å². The summed E-state index contributed by atoms with van der Waals surface area (Å²) < 4.78 is 11.7. The second-order valence-electron chi connectivity index (χ2n) is 6.63. The topological polar surface area (TPSA) is 164 Å². The highest BCUT2D eigenvalue weighted by Crippen LogP contribution is 2.40. The third-order valence-electron chi connectivity index (χ3n) is 4.43. The summed E-state index contributed by atoms with van der Waals surface area (Å²) in [5.74, 6) is -1.46. The highest BCUT2D eigenvalue weighted by molar-refractivity contribution is 6.32. The zero-order valence-corrected chi connectivity index (χ0v) is 18.6. The van der Waals surface area contributed by atoms with Crippen molar-refractivity contribution in [1.29, 1.82) is 0 Å². The molecule has 0 unspecified atom stereocenters. The SMILES string of the molecule is COc1cc([N+](=O)[O-])cc([N+](=O)[O-])c1OCC(=O)N/N=C\c1c(C)nn(-c2ccccc2)c1Cl. The highest BCUT2D eigenvalue weighted by atomic mass is 35.5. The number of aromatic nitrogens is 2. The molecule has 3 rings (SSSR count). The number of carbonyl (C=O) groups is 1. The maximum absolute atomic E-state index is 12.1. The van der Waals surface area contributed by atoms with E-state index in [4.69, 9.17) is 21.1 Å². The molecule has 34 heavy (non-hydrogen) atoms. The second kappa shape index (κ2) is 10.4. The third-order valence-corrected chi connectivity index (χ3v) is 4.79. The normalized spacial score (nSPS) is 10.8. The number of non-ortho nitro benzene ring substituents is 1. The number of hydrogen-bond acceptors (Lipinski definition) is 9. The van der Waals surface area contributed by atoms with Crippen LogP contribution in [0.15, 0.2) is 47.6 Å². The predicted octanol–water partition coefficient (Wildman–Crippen LogP) is 3.19. The van der Waals surface area contributed by atoms with E-state index in [2.05, 4.69) is 15.6 Å². The largest absolute Gasteiger partial charge is 0.492 e. The lowest BCUT2D eigenvalue weighted by molar-refractivity contribution is -0.394. The summed E-state index contributed by atoms with van der Waals surface area (Å²) in [5.41, 5.74) is 2.70. The van der Waals surface area contributed by atoms with Crippen LogP contribution in [-0.2, 0) is 4.79 Å². The van der Waals surface area contributed by atoms with Crippen LogP contribution in [0.2, 0.25) is 5.15 Å². The molecule has 176 valence electrons. The van der Waals surface area contributed by atoms with Crippen molar-refractivity contribution < 1.29 is 24.1 Å². The van der Waals surface area contributed by atoms with Crippen LogP contribution in [0.1, 0.15) is 11.3 Å². The van der Waals surface area contributed by atoms with Gasteiger partial charge in [-0.05, 0) is 19.1 Å². The van der Waals surface area contributed by atoms with Crippen molar-refractivity contribution >= 4 is 35.1 Å². The van der Waals surface area contributed by atoms with E-state index < -0.39 is 39.5 Å². The minimum Gasteiger partial charge on any atom is -0.492 e. The number of nitro benzene ring substituents is 2. The van der Waals surface area contributed by atoms with Crippen molar-refractivity contribution in [3.63, 3.8) is 0 Å². The van der Waals surface area contributed by atoms with Gasteiger partial charge in [-0.15, -0.1) is 0 Å². The Bertz CT molecular complexity index is 1280. The predicted molar refractivity (Wildman–Crippen MR) is 121 cm³/mol. The molecule has 0 aliphatic rings. The molecule has 0 saturated carbocycles. The lowest BCUT2D eigenvalue weighted by atomic mass is 10.2. The fraction of sp³-hybridized carbons (Fsp3) is 0.150. The molecule has 0 radical (unpaired) electrons. The molecule has 0 fully saturated rings. The maximum atomic E-state index is 12.1. The van der Waals surface area contributed by atoms with Gasteiger partial charge in [-0.3, -0.25) is 25.0 Å². The summed E-state index contributed by atoms with van der Waals surface area (Å²) in [7, 11) is 1.15. The number of rotatable bonds is 9. The van der Waals surface area contributed by atoms with Gasteiger partial charge in [-0.2, -0.15) is 10.2 Å². The second-order valence-corrected chi connectivity index (χ2v) is 6.99. The van der Waals surface area contributed by atoms with Crippen molar-refractivity contribution in [3.05, 3.63) is 79.1 Å². The van der Waals surface area contributed by atoms with Gasteiger partial charge in [0.1, 0.15) is 5.15 Å². The molecule has 3 aromatic rings. The zero-order chi connectivity index (χ0) is 24.8. The first-order chi connectivity index (χ1) is 16.2. The number of amides is 1. The van der Waals surface area contributed by atoms with Crippen LogP contribution < -0.4 is 14.9 Å². The maximum Gasteiger partial charge on any atom is 0.321 e. The quantitative estimate of drug-likeness (QED) is 0.272. The molecule has 0 aliphatic heterocycles. The first kappa shape index (κ1) is 24.1. The van der Waals surface area contributed by atoms with E-state index in [1.165, 1.54) is 10.9 Å². The lowest BCUT2D eigenvalue weighted by Crippen LogP contribution is -2.25. The number of carbonyl (C=O) groups excluding carboxylic acids is 1. The number of para-hydroxylation sites is 1. The smallest absolute Gasteiger partial charge is 0.321 e. The molecule has 1 aromatic heterocycles. The van der Waals surface area contributed by atoms with E-state index in [0.29, 0.717) is 17.3 Å². The fourth-order valence-electron chi connectivity index (χ4n) is 2.85. The van der Waals surface area contributed by atoms with Gasteiger partial charge in [0.05, 0.1) is 52.2 Å². The standard InChI is InChI=1S/C20H17ClN6O7/c1-12-15(20(21)25(24-12)13-6-4-3-5-7-13)10-22-23-18(28)11-34-19-16(27(31)32)8-14(26(29)30)9-17(19)33-2/h3-10H,11H2,1-2H3,(H,23,28)/b22-10-. The van der Waals surface area contributed by atoms with Crippen LogP contribution in [-0.4, -0.2) is 45.5 Å². The molecule has 1 heterocycles. The molecule has 0 spiro atoms. The summed E-state index contributed by atoms with van der Waals surface area (Å²) in [6.45, 7) is 1.04. The number of nitrogens with zero attached hydrogens (tertiary/aromatic N) is 5. The van der Waals surface area contributed by atoms with Gasteiger partial charge >= 0.3 is 5.69 Å². The summed E-state index contributed by atoms with van der Waals surface area (Å²) in [6, 6.07) is 10.8. The highest BCUT2D eigenvalue weighted by Gasteiger charge is 2.27. The number of nitro groups is 2. The first-order valence-corrected chi connectivity index (χ1v) is 9.86. The molecular weight excluding hydrogens is 472 g/mol. The Balaban J connectivity index is 1.71. The summed E-state index contributed by atoms with van der Waals surface area (Å²) in [5, 5.41) is 30.7. The van der Waals surface area contributed by atoms with E-state index >= 15 is 0 Å². The molecule has 1 N–H and O–H groups in total. The van der Waals surface area contributed by atoms with Crippen molar-refractivity contribution in [2.45, 2.75) is 6.92 Å². The van der Waals surface area contributed by atoms with Gasteiger partial charge in [0.25, 0.3) is 11.6 Å². The van der Waals surface area contributed by atoms with Gasteiger partial charge < -0.3 is 9.47 Å². The lowest BCUT2D eigenvalue weighted by Gasteiger charge is -2.10. The number of nitrogens with one attached hydrogen (secondary N) is 1. The Morgan fingerprint density at radius 1 is 1.24 bits per heavy atom. The number of methoxy groups -OCH3 is 1. The van der Waals surface area contributed by atoms with Crippen LogP contribution in [0.4, 0.5) is 11.4 Å². The van der Waals surface area contributed by atoms with Gasteiger partial charge in [-0.1, -0.05) is 29.8 Å². The number of hydrogen-bond donors (Lipinski definition) is 1. The van der Waals surface area contributed by atoms with Crippen molar-refractivity contribution in [3.8, 4) is 17.2 Å². The van der Waals surface area contributed by atoms with Crippen LogP contribution in [0.25, 0.3) is 5.69 Å². The number of halogens is 1. The molecule has 13 nitrogen and oxygen atoms in total. The monoisotopic (exact) mass is 488 g/mol. The first-order valence-electron chi connectivity index (χ1n) is 9.49. The van der Waals surface area contributed by atoms with Crippen LogP contribution in [0, 0.1) is 27.2 Å². The van der Waals surface area contributed by atoms with Crippen molar-refractivity contribution in [1.82, 2.24) is 15.2 Å². The molecule has 0 saturated heterocycles. The third kappa shape index (κ3) is 5.27. The average molecular weight is 489 g/mol. The van der Waals surface area contributed by atoms with E-state index in [1.807, 2.05) is 30.3 Å². The number of aryl methyl sites for hydroxylation is 1. The fourth-order valence-corrected chi connectivity index (χ4v) is 3.17. The summed E-state index contributed by atoms with van der Waals surface area (Å²) >= 11 is 6.38. The number of hydrazone groups is 1. The summed E-state index contributed by atoms with van der Waals surface area (Å²) in [4.78, 5) is 32.7. The average Bonchev–Trinajstić information content (AvgIpc) is 3.10. The Hall–Kier alpha value is -4.52. The summed E-state index contributed by atoms with van der Waals surface area (Å²) in [6.07, 6.45) is 1.30. The van der Waals surface area contributed by atoms with Gasteiger partial charge in [-0.25, -0.2) is 10.1 Å². The van der Waals surface area contributed by atoms with Crippen LogP contribution in [0.5, 0.6) is 11.5 Å². The van der Waals surface area contributed by atoms with Crippen LogP contribution >= 0.6 is 11.6 Å². The Morgan fingerprint density at radius 2 is 1.94 bits per heavy atom. The molecule has 2 aromatic carbocycles. The minimum absolute atomic E-state index is 0.270. The Morgan fingerprint density at radius 3 is 2.56 bits per heavy atom. The van der Waals surface area contributed by atoms with E-state index in [0.717, 1.165) is 18.9 Å². The van der Waals surface area contributed by atoms with Crippen LogP contribution in [0.3, 0.4) is 0 Å². The van der Waals surface area contributed by atoms with E-state index in [9.17, 15) is 25.0 Å². The van der Waals surface area contributed by atoms with Gasteiger partial charge in [0.15, 0.2) is 12.4 Å². The number of benzene rings is 2. The molecular formula is C20H17ClN6O7. The molecule has 1 amide bonds. The van der Waals surface area contributed by atoms with Crippen molar-refractivity contribution in [2.24, 2.45) is 5.10 Å². The molecule has 0 bridgehead atoms. The Kier molecular flexibility index (Phi) is 7.38. The molecule has 0 aliphatic carbocycles. The van der Waals surface area contributed by atoms with E-state index in [-0.39, 0.29) is 10.9 Å². The van der Waals surface area contributed by atoms with Gasteiger partial charge in [0.2, 0.25) is 5.75 Å².